The van der Waals surface area contributed by atoms with Gasteiger partial charge in [-0.25, -0.2) is 4.79 Å². The van der Waals surface area contributed by atoms with Crippen molar-refractivity contribution in [1.29, 1.82) is 0 Å². The van der Waals surface area contributed by atoms with Crippen LogP contribution in [0.1, 0.15) is 16.9 Å². The van der Waals surface area contributed by atoms with Gasteiger partial charge in [-0.05, 0) is 76.2 Å². The molecule has 2 aromatic carbocycles. The summed E-state index contributed by atoms with van der Waals surface area (Å²) in [5, 5.41) is 2.20. The summed E-state index contributed by atoms with van der Waals surface area (Å²) in [6.45, 7) is 0.344. The largest absolute Gasteiger partial charge is 0.488 e. The Bertz CT molecular complexity index is 1210. The summed E-state index contributed by atoms with van der Waals surface area (Å²) in [7, 11) is 0. The molecule has 0 spiro atoms. The molecule has 0 unspecified atom stereocenters. The van der Waals surface area contributed by atoms with E-state index in [4.69, 9.17) is 9.15 Å². The van der Waals surface area contributed by atoms with Gasteiger partial charge in [-0.15, -0.1) is 0 Å². The van der Waals surface area contributed by atoms with Crippen LogP contribution < -0.4 is 10.1 Å². The average molecular weight is 607 g/mol. The SMILES string of the molecule is O=C1NC(=O)N(Cc2ccco2)C(=O)/C1=C/c1ccc(OCc2ccc(Br)cc2)c(I)c1. The van der Waals surface area contributed by atoms with Crippen molar-refractivity contribution < 1.29 is 23.5 Å². The van der Waals surface area contributed by atoms with Crippen molar-refractivity contribution >= 4 is 62.4 Å². The van der Waals surface area contributed by atoms with E-state index >= 15 is 0 Å². The maximum Gasteiger partial charge on any atom is 0.331 e. The number of urea groups is 1. The Labute approximate surface area is 205 Å². The molecule has 162 valence electrons. The third-order valence-corrected chi connectivity index (χ3v) is 6.03. The fraction of sp³-hybridized carbons (Fsp3) is 0.0870. The Hall–Kier alpha value is -2.92. The minimum absolute atomic E-state index is 0.0668. The number of imide groups is 2. The molecule has 0 bridgehead atoms. The molecule has 4 amide bonds. The molecule has 1 aromatic heterocycles. The minimum Gasteiger partial charge on any atom is -0.488 e. The number of rotatable bonds is 6. The van der Waals surface area contributed by atoms with Crippen LogP contribution in [-0.2, 0) is 22.7 Å². The molecule has 1 aliphatic rings. The van der Waals surface area contributed by atoms with Gasteiger partial charge in [-0.3, -0.25) is 19.8 Å². The Morgan fingerprint density at radius 2 is 1.88 bits per heavy atom. The number of benzene rings is 2. The number of nitrogens with zero attached hydrogens (tertiary/aromatic N) is 1. The highest BCUT2D eigenvalue weighted by Gasteiger charge is 2.36. The molecule has 0 aliphatic carbocycles. The monoisotopic (exact) mass is 606 g/mol. The lowest BCUT2D eigenvalue weighted by molar-refractivity contribution is -0.130. The summed E-state index contributed by atoms with van der Waals surface area (Å²) in [4.78, 5) is 38.2. The van der Waals surface area contributed by atoms with Crippen molar-refractivity contribution in [3.8, 4) is 5.75 Å². The normalized spacial score (nSPS) is 15.2. The van der Waals surface area contributed by atoms with E-state index in [1.54, 1.807) is 30.3 Å². The summed E-state index contributed by atoms with van der Waals surface area (Å²) in [6, 6.07) is 15.7. The molecule has 2 heterocycles. The fourth-order valence-electron chi connectivity index (χ4n) is 3.03. The van der Waals surface area contributed by atoms with Gasteiger partial charge in [-0.1, -0.05) is 34.1 Å². The van der Waals surface area contributed by atoms with Gasteiger partial charge in [0.25, 0.3) is 11.8 Å². The number of halogens is 2. The number of carbonyl (C=O) groups excluding carboxylic acids is 3. The van der Waals surface area contributed by atoms with Gasteiger partial charge in [0.2, 0.25) is 0 Å². The molecule has 1 N–H and O–H groups in total. The third-order valence-electron chi connectivity index (χ3n) is 4.65. The number of nitrogens with one attached hydrogen (secondary N) is 1. The van der Waals surface area contributed by atoms with E-state index in [-0.39, 0.29) is 12.1 Å². The molecule has 32 heavy (non-hydrogen) atoms. The molecule has 7 nitrogen and oxygen atoms in total. The van der Waals surface area contributed by atoms with Gasteiger partial charge in [0, 0.05) is 4.47 Å². The smallest absolute Gasteiger partial charge is 0.331 e. The van der Waals surface area contributed by atoms with Crippen molar-refractivity contribution in [3.63, 3.8) is 0 Å². The van der Waals surface area contributed by atoms with Crippen LogP contribution in [0.4, 0.5) is 4.79 Å². The van der Waals surface area contributed by atoms with Gasteiger partial charge >= 0.3 is 6.03 Å². The number of hydrogen-bond acceptors (Lipinski definition) is 5. The Morgan fingerprint density at radius 3 is 2.56 bits per heavy atom. The van der Waals surface area contributed by atoms with E-state index in [9.17, 15) is 14.4 Å². The summed E-state index contributed by atoms with van der Waals surface area (Å²) >= 11 is 5.54. The van der Waals surface area contributed by atoms with Gasteiger partial charge in [0.1, 0.15) is 23.7 Å². The van der Waals surface area contributed by atoms with Crippen LogP contribution in [0.3, 0.4) is 0 Å². The molecule has 0 atom stereocenters. The number of barbiturate groups is 1. The molecular weight excluding hydrogens is 591 g/mol. The first-order chi connectivity index (χ1) is 15.4. The Morgan fingerprint density at radius 1 is 1.09 bits per heavy atom. The Kier molecular flexibility index (Phi) is 6.75. The molecule has 3 aromatic rings. The molecule has 4 rings (SSSR count). The van der Waals surface area contributed by atoms with Crippen LogP contribution in [0.25, 0.3) is 6.08 Å². The molecule has 1 aliphatic heterocycles. The fourth-order valence-corrected chi connectivity index (χ4v) is 3.99. The van der Waals surface area contributed by atoms with E-state index in [1.165, 1.54) is 12.3 Å². The number of hydrogen-bond donors (Lipinski definition) is 1. The van der Waals surface area contributed by atoms with Crippen molar-refractivity contribution in [3.05, 3.63) is 91.4 Å². The lowest BCUT2D eigenvalue weighted by Crippen LogP contribution is -2.53. The van der Waals surface area contributed by atoms with E-state index in [0.29, 0.717) is 23.7 Å². The number of ether oxygens (including phenoxy) is 1. The summed E-state index contributed by atoms with van der Waals surface area (Å²) < 4.78 is 12.9. The molecule has 0 saturated carbocycles. The summed E-state index contributed by atoms with van der Waals surface area (Å²) in [5.74, 6) is -0.296. The highest BCUT2D eigenvalue weighted by molar-refractivity contribution is 14.1. The highest BCUT2D eigenvalue weighted by atomic mass is 127. The van der Waals surface area contributed by atoms with Gasteiger partial charge < -0.3 is 9.15 Å². The zero-order chi connectivity index (χ0) is 22.7. The lowest BCUT2D eigenvalue weighted by Gasteiger charge is -2.25. The van der Waals surface area contributed by atoms with Crippen molar-refractivity contribution in [2.24, 2.45) is 0 Å². The van der Waals surface area contributed by atoms with Crippen molar-refractivity contribution in [2.45, 2.75) is 13.2 Å². The maximum atomic E-state index is 12.8. The summed E-state index contributed by atoms with van der Waals surface area (Å²) in [5.41, 5.74) is 1.53. The van der Waals surface area contributed by atoms with Crippen LogP contribution >= 0.6 is 38.5 Å². The zero-order valence-corrected chi connectivity index (χ0v) is 20.3. The maximum absolute atomic E-state index is 12.8. The number of carbonyl (C=O) groups is 3. The topological polar surface area (TPSA) is 88.9 Å². The number of furan rings is 1. The Balaban J connectivity index is 1.50. The summed E-state index contributed by atoms with van der Waals surface area (Å²) in [6.07, 6.45) is 2.91. The van der Waals surface area contributed by atoms with Crippen LogP contribution in [-0.4, -0.2) is 22.7 Å². The molecule has 1 saturated heterocycles. The molecular formula is C23H16BrIN2O5. The molecule has 0 radical (unpaired) electrons. The second kappa shape index (κ2) is 9.70. The van der Waals surface area contributed by atoms with Crippen LogP contribution in [0.2, 0.25) is 0 Å². The predicted molar refractivity (Wildman–Crippen MR) is 128 cm³/mol. The average Bonchev–Trinajstić information content (AvgIpc) is 3.28. The van der Waals surface area contributed by atoms with Crippen LogP contribution in [0.5, 0.6) is 5.75 Å². The first-order valence-electron chi connectivity index (χ1n) is 9.49. The van der Waals surface area contributed by atoms with Crippen molar-refractivity contribution in [1.82, 2.24) is 10.2 Å². The number of amides is 4. The van der Waals surface area contributed by atoms with Crippen LogP contribution in [0.15, 0.2) is 75.3 Å². The molecule has 9 heteroatoms. The lowest BCUT2D eigenvalue weighted by atomic mass is 10.1. The van der Waals surface area contributed by atoms with E-state index in [2.05, 4.69) is 43.8 Å². The second-order valence-electron chi connectivity index (χ2n) is 6.89. The highest BCUT2D eigenvalue weighted by Crippen LogP contribution is 2.25. The van der Waals surface area contributed by atoms with Crippen molar-refractivity contribution in [2.75, 3.05) is 0 Å². The van der Waals surface area contributed by atoms with Gasteiger partial charge in [-0.2, -0.15) is 0 Å². The second-order valence-corrected chi connectivity index (χ2v) is 8.97. The zero-order valence-electron chi connectivity index (χ0n) is 16.5. The molecule has 1 fully saturated rings. The van der Waals surface area contributed by atoms with E-state index < -0.39 is 17.8 Å². The standard InChI is InChI=1S/C23H16BrIN2O5/c24-16-6-3-14(4-7-16)13-32-20-8-5-15(11-19(20)25)10-18-21(28)26-23(30)27(22(18)29)12-17-2-1-9-31-17/h1-11H,12-13H2,(H,26,28,30)/b18-10+. The van der Waals surface area contributed by atoms with Gasteiger partial charge in [0.15, 0.2) is 0 Å². The van der Waals surface area contributed by atoms with Crippen LogP contribution in [0, 0.1) is 3.57 Å². The predicted octanol–water partition coefficient (Wildman–Crippen LogP) is 4.89. The third kappa shape index (κ3) is 5.10. The quantitative estimate of drug-likeness (QED) is 0.245. The van der Waals surface area contributed by atoms with E-state index in [1.807, 2.05) is 24.3 Å². The van der Waals surface area contributed by atoms with E-state index in [0.717, 1.165) is 18.5 Å². The van der Waals surface area contributed by atoms with Gasteiger partial charge in [0.05, 0.1) is 16.4 Å². The minimum atomic E-state index is -0.778. The first kappa shape index (κ1) is 22.3. The first-order valence-corrected chi connectivity index (χ1v) is 11.4.